The topological polar surface area (TPSA) is 54.6 Å². The predicted molar refractivity (Wildman–Crippen MR) is 214 cm³/mol. The molecule has 0 atom stereocenters. The molecule has 4 nitrogen and oxygen atoms in total. The van der Waals surface area contributed by atoms with Gasteiger partial charge >= 0.3 is 0 Å². The molecule has 0 bridgehead atoms. The van der Waals surface area contributed by atoms with Crippen molar-refractivity contribution in [2.24, 2.45) is 22.7 Å². The third-order valence-corrected chi connectivity index (χ3v) is 10.00. The molecule has 0 amide bonds. The third-order valence-electron chi connectivity index (χ3n) is 10.00. The van der Waals surface area contributed by atoms with Gasteiger partial charge in [-0.25, -0.2) is 0 Å². The third kappa shape index (κ3) is 8.93. The van der Waals surface area contributed by atoms with Crippen molar-refractivity contribution in [2.75, 3.05) is 0 Å². The Hall–Kier alpha value is -3.53. The minimum Gasteiger partial charge on any atom is -0.512 e. The normalized spacial score (nSPS) is 12.7. The SMILES string of the molecule is CC(C)(C)Cc1cccc2c1cc1c3c(CC(C)(C)C)ccnc3c3[c-]c4ccccc4cc3n21.CCC(CC)C(=O)/C=C(\O)C(CC)CC.[Ir]. The number of benzene rings is 3. The number of ketones is 1. The Bertz CT molecular complexity index is 2170. The minimum absolute atomic E-state index is 0. The molecule has 3 aromatic heterocycles. The monoisotopic (exact) mass is 862 g/mol. The van der Waals surface area contributed by atoms with Crippen molar-refractivity contribution in [3.63, 3.8) is 0 Å². The van der Waals surface area contributed by atoms with Crippen LogP contribution >= 0.6 is 0 Å². The Kier molecular flexibility index (Phi) is 13.0. The second-order valence-electron chi connectivity index (χ2n) is 16.5. The molecular weight excluding hydrogens is 805 g/mol. The molecule has 0 fully saturated rings. The van der Waals surface area contributed by atoms with E-state index >= 15 is 0 Å². The van der Waals surface area contributed by atoms with Gasteiger partial charge in [0.25, 0.3) is 0 Å². The number of aliphatic hydroxyl groups excluding tert-OH is 1. The maximum atomic E-state index is 11.7. The molecule has 0 aliphatic heterocycles. The van der Waals surface area contributed by atoms with Crippen LogP contribution < -0.4 is 0 Å². The summed E-state index contributed by atoms with van der Waals surface area (Å²) in [4.78, 5) is 16.7. The molecule has 3 heterocycles. The van der Waals surface area contributed by atoms with Gasteiger partial charge in [-0.05, 0) is 89.6 Å². The first-order chi connectivity index (χ1) is 23.7. The standard InChI is InChI=1S/C33H33N2.C13H24O2.Ir/c1-32(2,3)19-23-12-9-13-27-25(23)18-29-30-24(20-33(4,5)6)14-15-34-31(30)26-16-21-10-7-8-11-22(21)17-28(26)35(27)29;1-5-10(6-2)12(14)9-13(15)11(7-3)8-4;/h7-15,17-18H,19-20H2,1-6H3;9-11,14H,5-8H2,1-4H3;/q-1;;/b;12-9-;. The molecule has 0 saturated heterocycles. The molecule has 51 heavy (non-hydrogen) atoms. The second kappa shape index (κ2) is 16.4. The van der Waals surface area contributed by atoms with Gasteiger partial charge in [0.2, 0.25) is 0 Å². The van der Waals surface area contributed by atoms with Crippen molar-refractivity contribution in [1.29, 1.82) is 0 Å². The molecule has 5 heteroatoms. The Labute approximate surface area is 319 Å². The zero-order chi connectivity index (χ0) is 36.4. The molecule has 1 radical (unpaired) electrons. The number of aromatic nitrogens is 2. The number of aliphatic hydroxyl groups is 1. The van der Waals surface area contributed by atoms with Crippen molar-refractivity contribution in [1.82, 2.24) is 9.38 Å². The number of fused-ring (bicyclic) bond motifs is 9. The Morgan fingerprint density at radius 3 is 2.04 bits per heavy atom. The van der Waals surface area contributed by atoms with Crippen LogP contribution in [0.3, 0.4) is 0 Å². The first-order valence-electron chi connectivity index (χ1n) is 18.7. The smallest absolute Gasteiger partial charge is 0.162 e. The molecule has 273 valence electrons. The number of hydrogen-bond donors (Lipinski definition) is 1. The summed E-state index contributed by atoms with van der Waals surface area (Å²) in [5.41, 5.74) is 7.91. The number of allylic oxidation sites excluding steroid dienone is 2. The number of nitrogens with zero attached hydrogens (tertiary/aromatic N) is 2. The summed E-state index contributed by atoms with van der Waals surface area (Å²) in [6, 6.07) is 26.0. The van der Waals surface area contributed by atoms with Crippen LogP contribution in [0, 0.1) is 28.7 Å². The molecule has 3 aromatic carbocycles. The van der Waals surface area contributed by atoms with Gasteiger partial charge in [-0.3, -0.25) is 9.78 Å². The van der Waals surface area contributed by atoms with Crippen molar-refractivity contribution in [2.45, 2.75) is 108 Å². The Morgan fingerprint density at radius 1 is 0.784 bits per heavy atom. The van der Waals surface area contributed by atoms with Crippen LogP contribution in [-0.4, -0.2) is 20.3 Å². The van der Waals surface area contributed by atoms with E-state index in [9.17, 15) is 9.90 Å². The summed E-state index contributed by atoms with van der Waals surface area (Å²) in [5, 5.41) is 15.8. The van der Waals surface area contributed by atoms with E-state index < -0.39 is 0 Å². The molecular formula is C46H57IrN2O2-. The molecule has 6 rings (SSSR count). The average Bonchev–Trinajstić information content (AvgIpc) is 3.45. The van der Waals surface area contributed by atoms with Gasteiger partial charge in [-0.15, -0.1) is 17.5 Å². The first kappa shape index (κ1) is 40.2. The summed E-state index contributed by atoms with van der Waals surface area (Å²) in [7, 11) is 0. The molecule has 0 saturated carbocycles. The van der Waals surface area contributed by atoms with Crippen LogP contribution in [0.1, 0.15) is 106 Å². The molecule has 6 aromatic rings. The van der Waals surface area contributed by atoms with E-state index in [-0.39, 0.29) is 54.3 Å². The summed E-state index contributed by atoms with van der Waals surface area (Å²) < 4.78 is 2.47. The van der Waals surface area contributed by atoms with Crippen molar-refractivity contribution >= 4 is 54.8 Å². The maximum Gasteiger partial charge on any atom is 0.162 e. The van der Waals surface area contributed by atoms with Crippen molar-refractivity contribution in [3.8, 4) is 0 Å². The van der Waals surface area contributed by atoms with E-state index in [1.807, 2.05) is 33.9 Å². The fraction of sp³-hybridized carbons (Fsp3) is 0.435. The fourth-order valence-electron chi connectivity index (χ4n) is 7.45. The molecule has 0 aliphatic carbocycles. The van der Waals surface area contributed by atoms with E-state index in [2.05, 4.69) is 113 Å². The first-order valence-corrected chi connectivity index (χ1v) is 18.7. The van der Waals surface area contributed by atoms with E-state index in [0.29, 0.717) is 0 Å². The summed E-state index contributed by atoms with van der Waals surface area (Å²) in [5.74, 6) is 0.547. The quantitative estimate of drug-likeness (QED) is 0.0518. The maximum absolute atomic E-state index is 11.7. The molecule has 1 N–H and O–H groups in total. The van der Waals surface area contributed by atoms with Crippen LogP contribution in [0.2, 0.25) is 0 Å². The molecule has 0 unspecified atom stereocenters. The summed E-state index contributed by atoms with van der Waals surface area (Å²) >= 11 is 0. The Morgan fingerprint density at radius 2 is 1.41 bits per heavy atom. The van der Waals surface area contributed by atoms with Gasteiger partial charge in [0, 0.05) is 66.2 Å². The summed E-state index contributed by atoms with van der Waals surface area (Å²) in [6.45, 7) is 22.0. The fourth-order valence-corrected chi connectivity index (χ4v) is 7.45. The van der Waals surface area contributed by atoms with E-state index in [1.54, 1.807) is 0 Å². The Balaban J connectivity index is 0.000000312. The van der Waals surface area contributed by atoms with E-state index in [0.717, 1.165) is 54.8 Å². The minimum atomic E-state index is 0. The molecule has 0 spiro atoms. The number of hydrogen-bond acceptors (Lipinski definition) is 3. The van der Waals surface area contributed by atoms with Crippen LogP contribution in [0.15, 0.2) is 78.7 Å². The average molecular weight is 862 g/mol. The van der Waals surface area contributed by atoms with Gasteiger partial charge in [0.05, 0.1) is 5.76 Å². The zero-order valence-electron chi connectivity index (χ0n) is 32.4. The number of pyridine rings is 2. The number of rotatable bonds is 9. The molecule has 0 aliphatic rings. The van der Waals surface area contributed by atoms with Gasteiger partial charge < -0.3 is 9.51 Å². The van der Waals surface area contributed by atoms with Crippen LogP contribution in [0.5, 0.6) is 0 Å². The largest absolute Gasteiger partial charge is 0.512 e. The van der Waals surface area contributed by atoms with E-state index in [1.165, 1.54) is 49.9 Å². The van der Waals surface area contributed by atoms with E-state index in [4.69, 9.17) is 4.98 Å². The number of carbonyl (C=O) groups excluding carboxylic acids is 1. The van der Waals surface area contributed by atoms with Crippen molar-refractivity contribution < 1.29 is 30.0 Å². The van der Waals surface area contributed by atoms with Crippen molar-refractivity contribution in [3.05, 3.63) is 95.9 Å². The van der Waals surface area contributed by atoms with Gasteiger partial charge in [-0.1, -0.05) is 116 Å². The van der Waals surface area contributed by atoms with Crippen LogP contribution in [0.4, 0.5) is 0 Å². The van der Waals surface area contributed by atoms with Gasteiger partial charge in [0.1, 0.15) is 0 Å². The van der Waals surface area contributed by atoms with Gasteiger partial charge in [0.15, 0.2) is 5.78 Å². The van der Waals surface area contributed by atoms with Crippen LogP contribution in [-0.2, 0) is 37.7 Å². The second-order valence-corrected chi connectivity index (χ2v) is 16.5. The van der Waals surface area contributed by atoms with Gasteiger partial charge in [-0.2, -0.15) is 0 Å². The predicted octanol–water partition coefficient (Wildman–Crippen LogP) is 12.8. The summed E-state index contributed by atoms with van der Waals surface area (Å²) in [6.07, 6.45) is 8.93. The zero-order valence-corrected chi connectivity index (χ0v) is 34.8. The number of carbonyl (C=O) groups is 1. The van der Waals surface area contributed by atoms with Crippen LogP contribution in [0.25, 0.3) is 49.0 Å².